The molecule has 0 atom stereocenters. The lowest BCUT2D eigenvalue weighted by molar-refractivity contribution is 0.102. The zero-order chi connectivity index (χ0) is 15.8. The van der Waals surface area contributed by atoms with E-state index in [1.807, 2.05) is 20.8 Å². The van der Waals surface area contributed by atoms with Gasteiger partial charge in [-0.15, -0.1) is 0 Å². The largest absolute Gasteiger partial charge is 0.288 e. The molecule has 0 amide bonds. The van der Waals surface area contributed by atoms with Gasteiger partial charge < -0.3 is 0 Å². The summed E-state index contributed by atoms with van der Waals surface area (Å²) < 4.78 is 40.5. The highest BCUT2D eigenvalue weighted by Crippen LogP contribution is 2.28. The van der Waals surface area contributed by atoms with Crippen molar-refractivity contribution < 1.29 is 18.0 Å². The molecule has 2 aromatic rings. The van der Waals surface area contributed by atoms with Crippen molar-refractivity contribution in [3.63, 3.8) is 0 Å². The summed E-state index contributed by atoms with van der Waals surface area (Å²) in [6.45, 7) is 5.70. The standard InChI is InChI=1S/C17H15F3O/c1-17(2,3)12-7-5-4-6-11(12)16(21)15-13(19)8-10(18)9-14(15)20/h4-9H,1-3H3. The number of benzene rings is 2. The number of ketones is 1. The quantitative estimate of drug-likeness (QED) is 0.737. The van der Waals surface area contributed by atoms with Crippen LogP contribution in [0.3, 0.4) is 0 Å². The Kier molecular flexibility index (Phi) is 3.90. The van der Waals surface area contributed by atoms with Crippen molar-refractivity contribution in [3.8, 4) is 0 Å². The Morgan fingerprint density at radius 2 is 1.48 bits per heavy atom. The lowest BCUT2D eigenvalue weighted by Gasteiger charge is -2.22. The average molecular weight is 292 g/mol. The van der Waals surface area contributed by atoms with Gasteiger partial charge in [-0.05, 0) is 11.0 Å². The summed E-state index contributed by atoms with van der Waals surface area (Å²) in [6.07, 6.45) is 0. The monoisotopic (exact) mass is 292 g/mol. The summed E-state index contributed by atoms with van der Waals surface area (Å²) in [5, 5.41) is 0. The summed E-state index contributed by atoms with van der Waals surface area (Å²) in [6, 6.07) is 7.67. The third kappa shape index (κ3) is 2.99. The van der Waals surface area contributed by atoms with Crippen LogP contribution in [0.4, 0.5) is 13.2 Å². The van der Waals surface area contributed by atoms with Gasteiger partial charge in [0.1, 0.15) is 17.5 Å². The smallest absolute Gasteiger partial charge is 0.199 e. The molecule has 4 heteroatoms. The van der Waals surface area contributed by atoms with Gasteiger partial charge in [0.15, 0.2) is 5.78 Å². The van der Waals surface area contributed by atoms with Crippen LogP contribution in [0.15, 0.2) is 36.4 Å². The van der Waals surface area contributed by atoms with E-state index < -0.39 is 28.8 Å². The van der Waals surface area contributed by atoms with Crippen LogP contribution in [0.2, 0.25) is 0 Å². The highest BCUT2D eigenvalue weighted by atomic mass is 19.1. The molecular weight excluding hydrogens is 277 g/mol. The second kappa shape index (κ2) is 5.35. The van der Waals surface area contributed by atoms with Crippen LogP contribution in [-0.2, 0) is 5.41 Å². The first-order valence-electron chi connectivity index (χ1n) is 6.50. The van der Waals surface area contributed by atoms with Gasteiger partial charge in [0.05, 0.1) is 5.56 Å². The van der Waals surface area contributed by atoms with E-state index in [1.165, 1.54) is 6.07 Å². The molecule has 0 bridgehead atoms. The van der Waals surface area contributed by atoms with E-state index >= 15 is 0 Å². The summed E-state index contributed by atoms with van der Waals surface area (Å²) >= 11 is 0. The molecule has 0 aliphatic carbocycles. The molecular formula is C17H15F3O. The maximum atomic E-state index is 13.8. The highest BCUT2D eigenvalue weighted by Gasteiger charge is 2.26. The Balaban J connectivity index is 2.62. The predicted molar refractivity (Wildman–Crippen MR) is 74.9 cm³/mol. The maximum absolute atomic E-state index is 13.8. The fraction of sp³-hybridized carbons (Fsp3) is 0.235. The van der Waals surface area contributed by atoms with Gasteiger partial charge >= 0.3 is 0 Å². The number of rotatable bonds is 2. The van der Waals surface area contributed by atoms with Crippen LogP contribution in [0, 0.1) is 17.5 Å². The molecule has 0 radical (unpaired) electrons. The first-order chi connectivity index (χ1) is 9.71. The Labute approximate surface area is 121 Å². The molecule has 2 aromatic carbocycles. The first kappa shape index (κ1) is 15.3. The lowest BCUT2D eigenvalue weighted by atomic mass is 9.81. The second-order valence-electron chi connectivity index (χ2n) is 5.87. The van der Waals surface area contributed by atoms with E-state index in [0.29, 0.717) is 17.7 Å². The SMILES string of the molecule is CC(C)(C)c1ccccc1C(=O)c1c(F)cc(F)cc1F. The van der Waals surface area contributed by atoms with Crippen LogP contribution in [-0.4, -0.2) is 5.78 Å². The molecule has 0 fully saturated rings. The average Bonchev–Trinajstić information content (AvgIpc) is 2.36. The van der Waals surface area contributed by atoms with Crippen molar-refractivity contribution in [2.75, 3.05) is 0 Å². The molecule has 0 heterocycles. The minimum absolute atomic E-state index is 0.217. The van der Waals surface area contributed by atoms with Gasteiger partial charge in [-0.3, -0.25) is 4.79 Å². The zero-order valence-corrected chi connectivity index (χ0v) is 12.0. The fourth-order valence-electron chi connectivity index (χ4n) is 2.23. The second-order valence-corrected chi connectivity index (χ2v) is 5.87. The van der Waals surface area contributed by atoms with Crippen LogP contribution in [0.1, 0.15) is 42.3 Å². The molecule has 110 valence electrons. The molecule has 21 heavy (non-hydrogen) atoms. The minimum Gasteiger partial charge on any atom is -0.288 e. The van der Waals surface area contributed by atoms with Crippen LogP contribution in [0.25, 0.3) is 0 Å². The molecule has 0 N–H and O–H groups in total. The van der Waals surface area contributed by atoms with Gasteiger partial charge in [0.25, 0.3) is 0 Å². The van der Waals surface area contributed by atoms with Crippen molar-refractivity contribution in [2.24, 2.45) is 0 Å². The third-order valence-corrected chi connectivity index (χ3v) is 3.21. The molecule has 0 spiro atoms. The third-order valence-electron chi connectivity index (χ3n) is 3.21. The molecule has 0 saturated heterocycles. The Morgan fingerprint density at radius 1 is 0.952 bits per heavy atom. The lowest BCUT2D eigenvalue weighted by Crippen LogP contribution is -2.18. The van der Waals surface area contributed by atoms with Crippen molar-refractivity contribution in [2.45, 2.75) is 26.2 Å². The van der Waals surface area contributed by atoms with Gasteiger partial charge in [-0.1, -0.05) is 45.0 Å². The fourth-order valence-corrected chi connectivity index (χ4v) is 2.23. The van der Waals surface area contributed by atoms with E-state index in [1.54, 1.807) is 18.2 Å². The minimum atomic E-state index is -1.19. The van der Waals surface area contributed by atoms with E-state index in [4.69, 9.17) is 0 Å². The number of halogens is 3. The molecule has 2 rings (SSSR count). The molecule has 0 saturated carbocycles. The summed E-state index contributed by atoms with van der Waals surface area (Å²) in [4.78, 5) is 12.5. The van der Waals surface area contributed by atoms with E-state index in [0.717, 1.165) is 0 Å². The topological polar surface area (TPSA) is 17.1 Å². The first-order valence-corrected chi connectivity index (χ1v) is 6.50. The Bertz CT molecular complexity index is 676. The van der Waals surface area contributed by atoms with Crippen molar-refractivity contribution >= 4 is 5.78 Å². The summed E-state index contributed by atoms with van der Waals surface area (Å²) in [7, 11) is 0. The number of carbonyl (C=O) groups excluding carboxylic acids is 1. The summed E-state index contributed by atoms with van der Waals surface area (Å²) in [5.74, 6) is -4.22. The predicted octanol–water partition coefficient (Wildman–Crippen LogP) is 4.63. The van der Waals surface area contributed by atoms with Crippen molar-refractivity contribution in [3.05, 3.63) is 70.5 Å². The van der Waals surface area contributed by atoms with E-state index in [9.17, 15) is 18.0 Å². The molecule has 0 aromatic heterocycles. The van der Waals surface area contributed by atoms with Gasteiger partial charge in [0.2, 0.25) is 0 Å². The Hall–Kier alpha value is -2.10. The molecule has 0 unspecified atom stereocenters. The van der Waals surface area contributed by atoms with Crippen LogP contribution >= 0.6 is 0 Å². The number of hydrogen-bond donors (Lipinski definition) is 0. The highest BCUT2D eigenvalue weighted by molar-refractivity contribution is 6.10. The van der Waals surface area contributed by atoms with Crippen LogP contribution < -0.4 is 0 Å². The number of carbonyl (C=O) groups is 1. The van der Waals surface area contributed by atoms with E-state index in [2.05, 4.69) is 0 Å². The molecule has 0 aliphatic heterocycles. The molecule has 0 aliphatic rings. The Morgan fingerprint density at radius 3 is 2.00 bits per heavy atom. The summed E-state index contributed by atoms with van der Waals surface area (Å²) in [5.41, 5.74) is -0.195. The van der Waals surface area contributed by atoms with E-state index in [-0.39, 0.29) is 11.0 Å². The zero-order valence-electron chi connectivity index (χ0n) is 12.0. The normalized spacial score (nSPS) is 11.5. The van der Waals surface area contributed by atoms with Gasteiger partial charge in [-0.2, -0.15) is 0 Å². The van der Waals surface area contributed by atoms with Gasteiger partial charge in [-0.25, -0.2) is 13.2 Å². The van der Waals surface area contributed by atoms with Crippen LogP contribution in [0.5, 0.6) is 0 Å². The number of hydrogen-bond acceptors (Lipinski definition) is 1. The van der Waals surface area contributed by atoms with Gasteiger partial charge in [0, 0.05) is 17.7 Å². The molecule has 1 nitrogen and oxygen atoms in total. The van der Waals surface area contributed by atoms with Crippen molar-refractivity contribution in [1.82, 2.24) is 0 Å². The van der Waals surface area contributed by atoms with Crippen molar-refractivity contribution in [1.29, 1.82) is 0 Å². The maximum Gasteiger partial charge on any atom is 0.199 e.